The van der Waals surface area contributed by atoms with E-state index >= 15 is 0 Å². The first-order valence-electron chi connectivity index (χ1n) is 15.1. The predicted molar refractivity (Wildman–Crippen MR) is 177 cm³/mol. The van der Waals surface area contributed by atoms with E-state index in [-0.39, 0.29) is 48.0 Å². The zero-order valence-electron chi connectivity index (χ0n) is 26.8. The van der Waals surface area contributed by atoms with Crippen LogP contribution in [0.5, 0.6) is 0 Å². The molecule has 14 heteroatoms. The molecule has 4 heterocycles. The fourth-order valence-corrected chi connectivity index (χ4v) is 6.10. The molecule has 1 saturated heterocycles. The maximum atomic E-state index is 13.5. The number of aliphatic hydroxyl groups is 1. The summed E-state index contributed by atoms with van der Waals surface area (Å²) in [5.41, 5.74) is 2.33. The highest BCUT2D eigenvalue weighted by atomic mass is 32.1. The van der Waals surface area contributed by atoms with Gasteiger partial charge in [-0.2, -0.15) is 5.26 Å². The molecule has 1 aliphatic heterocycles. The van der Waals surface area contributed by atoms with Crippen molar-refractivity contribution >= 4 is 46.6 Å². The van der Waals surface area contributed by atoms with Crippen LogP contribution in [-0.2, 0) is 22.7 Å². The second-order valence-electron chi connectivity index (χ2n) is 12.3. The van der Waals surface area contributed by atoms with Crippen LogP contribution in [0.15, 0.2) is 59.0 Å². The summed E-state index contributed by atoms with van der Waals surface area (Å²) >= 11 is 1.29. The van der Waals surface area contributed by atoms with Gasteiger partial charge in [0.2, 0.25) is 5.95 Å². The van der Waals surface area contributed by atoms with Crippen molar-refractivity contribution in [2.24, 2.45) is 5.41 Å². The van der Waals surface area contributed by atoms with Crippen molar-refractivity contribution in [1.82, 2.24) is 24.8 Å². The standard InChI is InChI=1S/C32H37N7O4S.CH2O2/c1-20(18-40)35-15-21-7-8-25-24(12-21)36-31(37-29(41)28-10-9-27(44-28)26-16-34-19-43-26)39(25)17-23-6-5-11-38(23)30(42)22(14-33)13-32(2,3)4;2-1-3/h7-10,12-13,16,19-20,23,35,40H,5-6,11,15,17-18H2,1-4H3,(H,36,37,41);1H,(H,2,3). The van der Waals surface area contributed by atoms with Crippen LogP contribution in [0.3, 0.4) is 0 Å². The number of likely N-dealkylation sites (tertiary alicyclic amines) is 1. The van der Waals surface area contributed by atoms with Gasteiger partial charge in [-0.3, -0.25) is 19.7 Å². The Balaban J connectivity index is 0.00000160. The maximum Gasteiger partial charge on any atom is 0.290 e. The Bertz CT molecular complexity index is 1760. The number of allylic oxidation sites excluding steroid dienone is 1. The minimum atomic E-state index is -0.315. The van der Waals surface area contributed by atoms with Gasteiger partial charge in [0.05, 0.1) is 39.6 Å². The van der Waals surface area contributed by atoms with Crippen LogP contribution in [0.25, 0.3) is 21.7 Å². The number of amides is 2. The van der Waals surface area contributed by atoms with Gasteiger partial charge in [0, 0.05) is 25.7 Å². The quantitative estimate of drug-likeness (QED) is 0.106. The van der Waals surface area contributed by atoms with Crippen molar-refractivity contribution in [2.75, 3.05) is 18.5 Å². The minimum absolute atomic E-state index is 0.0307. The molecular formula is C33H39N7O6S. The summed E-state index contributed by atoms with van der Waals surface area (Å²) < 4.78 is 7.32. The molecule has 2 unspecified atom stereocenters. The maximum absolute atomic E-state index is 13.5. The van der Waals surface area contributed by atoms with Gasteiger partial charge in [-0.05, 0) is 55.0 Å². The number of hydrogen-bond donors (Lipinski definition) is 4. The SMILES string of the molecule is CC(CO)NCc1ccc2c(c1)nc(NC(=O)c1ccc(-c3cnco3)s1)n2CC1CCCN1C(=O)C(C#N)=CC(C)(C)C.O=CO. The number of nitriles is 1. The topological polar surface area (TPSA) is 187 Å². The monoisotopic (exact) mass is 661 g/mol. The molecule has 3 aromatic heterocycles. The molecule has 0 spiro atoms. The van der Waals surface area contributed by atoms with Gasteiger partial charge in [-0.25, -0.2) is 9.97 Å². The zero-order chi connectivity index (χ0) is 34.1. The summed E-state index contributed by atoms with van der Waals surface area (Å²) in [7, 11) is 0. The van der Waals surface area contributed by atoms with E-state index in [1.165, 1.54) is 17.7 Å². The number of aromatic nitrogens is 3. The Hall–Kier alpha value is -4.84. The molecule has 0 saturated carbocycles. The van der Waals surface area contributed by atoms with E-state index in [1.54, 1.807) is 23.2 Å². The first-order valence-corrected chi connectivity index (χ1v) is 15.9. The van der Waals surface area contributed by atoms with Crippen LogP contribution in [0.4, 0.5) is 5.95 Å². The number of nitrogens with zero attached hydrogens (tertiary/aromatic N) is 5. The third-order valence-corrected chi connectivity index (χ3v) is 8.53. The summed E-state index contributed by atoms with van der Waals surface area (Å²) in [4.78, 5) is 47.1. The molecule has 2 amide bonds. The van der Waals surface area contributed by atoms with E-state index in [0.717, 1.165) is 28.8 Å². The van der Waals surface area contributed by atoms with Crippen LogP contribution < -0.4 is 10.6 Å². The van der Waals surface area contributed by atoms with Gasteiger partial charge >= 0.3 is 0 Å². The number of carbonyl (C=O) groups excluding carboxylic acids is 2. The molecule has 1 aromatic carbocycles. The van der Waals surface area contributed by atoms with Gasteiger partial charge < -0.3 is 29.4 Å². The fraction of sp³-hybridized carbons (Fsp3) is 0.394. The largest absolute Gasteiger partial charge is 0.483 e. The molecule has 0 aliphatic carbocycles. The van der Waals surface area contributed by atoms with Gasteiger partial charge in [0.25, 0.3) is 18.3 Å². The smallest absolute Gasteiger partial charge is 0.290 e. The van der Waals surface area contributed by atoms with Crippen molar-refractivity contribution in [3.63, 3.8) is 0 Å². The molecule has 2 atom stereocenters. The molecule has 1 aliphatic rings. The lowest BCUT2D eigenvalue weighted by Gasteiger charge is -2.26. The summed E-state index contributed by atoms with van der Waals surface area (Å²) in [6, 6.07) is 11.3. The number of anilines is 1. The number of fused-ring (bicyclic) bond motifs is 1. The molecule has 0 radical (unpaired) electrons. The minimum Gasteiger partial charge on any atom is -0.483 e. The summed E-state index contributed by atoms with van der Waals surface area (Å²) in [5.74, 6) is 0.375. The Kier molecular flexibility index (Phi) is 11.7. The lowest BCUT2D eigenvalue weighted by atomic mass is 9.93. The van der Waals surface area contributed by atoms with Gasteiger partial charge in [0.15, 0.2) is 12.2 Å². The number of nitrogens with one attached hydrogen (secondary N) is 2. The Morgan fingerprint density at radius 3 is 2.70 bits per heavy atom. The van der Waals surface area contributed by atoms with Crippen molar-refractivity contribution in [2.45, 2.75) is 65.7 Å². The molecule has 47 heavy (non-hydrogen) atoms. The highest BCUT2D eigenvalue weighted by Crippen LogP contribution is 2.30. The Morgan fingerprint density at radius 1 is 1.28 bits per heavy atom. The third-order valence-electron chi connectivity index (χ3n) is 7.43. The first-order chi connectivity index (χ1) is 22.5. The first kappa shape index (κ1) is 35.0. The average molecular weight is 662 g/mol. The normalized spacial score (nSPS) is 15.5. The van der Waals surface area contributed by atoms with E-state index < -0.39 is 0 Å². The molecule has 248 valence electrons. The van der Waals surface area contributed by atoms with Gasteiger partial charge in [-0.1, -0.05) is 32.9 Å². The highest BCUT2D eigenvalue weighted by molar-refractivity contribution is 7.17. The Morgan fingerprint density at radius 2 is 2.04 bits per heavy atom. The number of oxazole rings is 1. The summed E-state index contributed by atoms with van der Waals surface area (Å²) in [5, 5.41) is 32.3. The summed E-state index contributed by atoms with van der Waals surface area (Å²) in [6.45, 7) is 9.07. The van der Waals surface area contributed by atoms with Crippen molar-refractivity contribution in [3.05, 3.63) is 65.0 Å². The molecule has 4 N–H and O–H groups in total. The van der Waals surface area contributed by atoms with Gasteiger partial charge in [-0.15, -0.1) is 11.3 Å². The lowest BCUT2D eigenvalue weighted by Crippen LogP contribution is -2.39. The number of carboxylic acid groups (broad SMARTS) is 1. The molecule has 1 fully saturated rings. The third kappa shape index (κ3) is 8.91. The van der Waals surface area contributed by atoms with Crippen molar-refractivity contribution in [3.8, 4) is 16.7 Å². The van der Waals surface area contributed by atoms with Crippen LogP contribution >= 0.6 is 11.3 Å². The fourth-order valence-electron chi connectivity index (χ4n) is 5.25. The number of thiophene rings is 1. The van der Waals surface area contributed by atoms with Crippen LogP contribution in [-0.4, -0.2) is 73.2 Å². The molecule has 5 rings (SSSR count). The van der Waals surface area contributed by atoms with E-state index in [9.17, 15) is 20.0 Å². The molecule has 4 aromatic rings. The average Bonchev–Trinajstić information content (AvgIpc) is 3.86. The van der Waals surface area contributed by atoms with E-state index in [4.69, 9.17) is 19.3 Å². The number of hydrogen-bond acceptors (Lipinski definition) is 10. The number of rotatable bonds is 10. The second-order valence-corrected chi connectivity index (χ2v) is 13.3. The second kappa shape index (κ2) is 15.6. The van der Waals surface area contributed by atoms with Crippen LogP contribution in [0, 0.1) is 16.7 Å². The lowest BCUT2D eigenvalue weighted by molar-refractivity contribution is -0.127. The van der Waals surface area contributed by atoms with Crippen LogP contribution in [0.1, 0.15) is 55.8 Å². The van der Waals surface area contributed by atoms with Crippen molar-refractivity contribution in [1.29, 1.82) is 5.26 Å². The number of benzene rings is 1. The zero-order valence-corrected chi connectivity index (χ0v) is 27.6. The van der Waals surface area contributed by atoms with E-state index in [2.05, 4.69) is 21.7 Å². The number of carbonyl (C=O) groups is 3. The predicted octanol–water partition coefficient (Wildman–Crippen LogP) is 4.66. The van der Waals surface area contributed by atoms with Crippen LogP contribution in [0.2, 0.25) is 0 Å². The summed E-state index contributed by atoms with van der Waals surface area (Å²) in [6.07, 6.45) is 6.26. The molecule has 0 bridgehead atoms. The number of imidazole rings is 1. The highest BCUT2D eigenvalue weighted by Gasteiger charge is 2.32. The van der Waals surface area contributed by atoms with Crippen molar-refractivity contribution < 1.29 is 29.0 Å². The molecule has 13 nitrogen and oxygen atoms in total. The van der Waals surface area contributed by atoms with E-state index in [1.807, 2.05) is 56.5 Å². The molecular weight excluding hydrogens is 622 g/mol. The Labute approximate surface area is 276 Å². The van der Waals surface area contributed by atoms with E-state index in [0.29, 0.717) is 41.7 Å². The number of aliphatic hydroxyl groups excluding tert-OH is 1. The van der Waals surface area contributed by atoms with Gasteiger partial charge in [0.1, 0.15) is 11.6 Å².